The van der Waals surface area contributed by atoms with Crippen molar-refractivity contribution in [2.45, 2.75) is 359 Å². The highest BCUT2D eigenvalue weighted by molar-refractivity contribution is 5.80. The molecule has 8 unspecified atom stereocenters. The van der Waals surface area contributed by atoms with Crippen molar-refractivity contribution in [1.82, 2.24) is 5.32 Å². The first-order valence-corrected chi connectivity index (χ1v) is 34.7. The molecule has 1 amide bonds. The maximum absolute atomic E-state index is 13.4. The Morgan fingerprint density at radius 3 is 1.28 bits per heavy atom. The predicted octanol–water partition coefficient (Wildman–Crippen LogP) is 17.5. The molecule has 0 aromatic carbocycles. The Balaban J connectivity index is 2.61. The summed E-state index contributed by atoms with van der Waals surface area (Å²) in [5.74, 6) is -1.25. The largest absolute Gasteiger partial charge is 0.454 e. The van der Waals surface area contributed by atoms with Gasteiger partial charge in [-0.1, -0.05) is 286 Å². The zero-order chi connectivity index (χ0) is 60.3. The van der Waals surface area contributed by atoms with Crippen molar-refractivity contribution in [3.8, 4) is 0 Å². The molecule has 83 heavy (non-hydrogen) atoms. The highest BCUT2D eigenvalue weighted by Gasteiger charge is 2.47. The zero-order valence-electron chi connectivity index (χ0n) is 53.6. The fraction of sp³-hybridized carbons (Fsp3) is 0.806. The van der Waals surface area contributed by atoms with Gasteiger partial charge in [-0.2, -0.15) is 0 Å². The van der Waals surface area contributed by atoms with Gasteiger partial charge in [0, 0.05) is 6.42 Å². The molecular weight excluding hydrogens is 1040 g/mol. The molecule has 482 valence electrons. The Hall–Kier alpha value is -2.90. The van der Waals surface area contributed by atoms with Crippen molar-refractivity contribution in [1.29, 1.82) is 0 Å². The Kier molecular flexibility index (Phi) is 55.9. The Morgan fingerprint density at radius 2 is 0.831 bits per heavy atom. The number of amides is 1. The quantitative estimate of drug-likeness (QED) is 0.0195. The number of rotatable bonds is 59. The molecule has 1 saturated heterocycles. The molecule has 1 aliphatic heterocycles. The number of allylic oxidation sites excluding steroid dienone is 11. The summed E-state index contributed by atoms with van der Waals surface area (Å²) in [5.41, 5.74) is 0. The number of aliphatic hydroxyl groups excluding tert-OH is 5. The van der Waals surface area contributed by atoms with E-state index in [0.717, 1.165) is 70.6 Å². The van der Waals surface area contributed by atoms with Crippen molar-refractivity contribution in [2.24, 2.45) is 0 Å². The van der Waals surface area contributed by atoms with Crippen LogP contribution in [-0.4, -0.2) is 99.6 Å². The topological polar surface area (TPSA) is 175 Å². The van der Waals surface area contributed by atoms with E-state index in [9.17, 15) is 35.1 Å². The van der Waals surface area contributed by atoms with Gasteiger partial charge >= 0.3 is 5.97 Å². The van der Waals surface area contributed by atoms with E-state index in [0.29, 0.717) is 12.8 Å². The van der Waals surface area contributed by atoms with E-state index < -0.39 is 67.4 Å². The normalized spacial score (nSPS) is 19.0. The molecule has 11 heteroatoms. The summed E-state index contributed by atoms with van der Waals surface area (Å²) in [4.78, 5) is 26.6. The average molecular weight is 1170 g/mol. The number of unbranched alkanes of at least 4 members (excludes halogenated alkanes) is 35. The van der Waals surface area contributed by atoms with Crippen LogP contribution in [-0.2, 0) is 23.8 Å². The molecule has 8 atom stereocenters. The number of ether oxygens (including phenoxy) is 3. The summed E-state index contributed by atoms with van der Waals surface area (Å²) in [7, 11) is 0. The summed E-state index contributed by atoms with van der Waals surface area (Å²) in [6, 6.07) is -1.05. The fourth-order valence-electron chi connectivity index (χ4n) is 10.6. The van der Waals surface area contributed by atoms with Gasteiger partial charge in [0.15, 0.2) is 12.4 Å². The van der Waals surface area contributed by atoms with Crippen LogP contribution in [0.5, 0.6) is 0 Å². The van der Waals surface area contributed by atoms with Crippen LogP contribution in [0, 0.1) is 0 Å². The van der Waals surface area contributed by atoms with Gasteiger partial charge in [0.1, 0.15) is 24.4 Å². The van der Waals surface area contributed by atoms with Crippen LogP contribution in [0.4, 0.5) is 0 Å². The van der Waals surface area contributed by atoms with Gasteiger partial charge in [-0.3, -0.25) is 9.59 Å². The van der Waals surface area contributed by atoms with Gasteiger partial charge in [-0.05, 0) is 89.9 Å². The predicted molar refractivity (Wildman–Crippen MR) is 347 cm³/mol. The van der Waals surface area contributed by atoms with Crippen LogP contribution in [0.2, 0.25) is 0 Å². The third-order valence-electron chi connectivity index (χ3n) is 16.1. The molecule has 1 aliphatic rings. The highest BCUT2D eigenvalue weighted by atomic mass is 16.7. The summed E-state index contributed by atoms with van der Waals surface area (Å²) in [6.07, 6.45) is 66.7. The minimum Gasteiger partial charge on any atom is -0.454 e. The number of hydrogen-bond donors (Lipinski definition) is 6. The molecule has 0 bridgehead atoms. The highest BCUT2D eigenvalue weighted by Crippen LogP contribution is 2.26. The lowest BCUT2D eigenvalue weighted by atomic mass is 9.99. The number of nitrogens with one attached hydrogen (secondary N) is 1. The van der Waals surface area contributed by atoms with E-state index in [4.69, 9.17) is 14.2 Å². The summed E-state index contributed by atoms with van der Waals surface area (Å²) < 4.78 is 17.7. The molecule has 1 heterocycles. The lowest BCUT2D eigenvalue weighted by Gasteiger charge is -2.41. The monoisotopic (exact) mass is 1170 g/mol. The van der Waals surface area contributed by atoms with Gasteiger partial charge in [-0.15, -0.1) is 0 Å². The van der Waals surface area contributed by atoms with Crippen LogP contribution in [0.3, 0.4) is 0 Å². The van der Waals surface area contributed by atoms with Crippen molar-refractivity contribution < 1.29 is 49.3 Å². The van der Waals surface area contributed by atoms with E-state index in [-0.39, 0.29) is 19.4 Å². The van der Waals surface area contributed by atoms with E-state index in [1.54, 1.807) is 6.08 Å². The molecule has 0 aromatic heterocycles. The average Bonchev–Trinajstić information content (AvgIpc) is 3.67. The molecule has 11 nitrogen and oxygen atoms in total. The summed E-state index contributed by atoms with van der Waals surface area (Å²) in [5, 5.41) is 57.1. The fourth-order valence-corrected chi connectivity index (χ4v) is 10.6. The molecule has 0 saturated carbocycles. The van der Waals surface area contributed by atoms with Crippen LogP contribution in [0.15, 0.2) is 72.9 Å². The first-order valence-electron chi connectivity index (χ1n) is 34.7. The summed E-state index contributed by atoms with van der Waals surface area (Å²) in [6.45, 7) is 5.75. The van der Waals surface area contributed by atoms with Gasteiger partial charge in [-0.25, -0.2) is 0 Å². The Morgan fingerprint density at radius 1 is 0.470 bits per heavy atom. The van der Waals surface area contributed by atoms with Gasteiger partial charge in [0.2, 0.25) is 5.91 Å². The van der Waals surface area contributed by atoms with Gasteiger partial charge < -0.3 is 45.1 Å². The standard InChI is InChI=1S/C72H129NO10/c1-4-7-10-13-16-19-22-25-27-29-30-31-32-33-34-35-36-37-39-42-45-48-51-54-57-60-67(77)83-70-69(79)68(78)66(61-74)82-72(70)81-62-63(64(75)58-55-52-49-46-43-40-24-21-18-15-12-9-6-3)73-71(80)65(76)59-56-53-50-47-44-41-38-28-26-23-20-17-14-11-8-5-2/h17,20,25-28,41,44,50,53,55,58,63-66,68-70,72,74-76,78-79H,4-16,18-19,21-24,29-40,42-43,45-49,51-52,54,56-57,59-62H2,1-3H3,(H,73,80)/b20-17-,27-25+,28-26-,44-41-,53-50-,58-55+. The van der Waals surface area contributed by atoms with Crippen LogP contribution in [0.25, 0.3) is 0 Å². The minimum atomic E-state index is -1.62. The van der Waals surface area contributed by atoms with Crippen molar-refractivity contribution in [3.05, 3.63) is 72.9 Å². The number of carbonyl (C=O) groups excluding carboxylic acids is 2. The first-order chi connectivity index (χ1) is 40.7. The van der Waals surface area contributed by atoms with Crippen molar-refractivity contribution >= 4 is 11.9 Å². The number of hydrogen-bond acceptors (Lipinski definition) is 10. The third kappa shape index (κ3) is 46.9. The molecule has 0 aromatic rings. The summed E-state index contributed by atoms with van der Waals surface area (Å²) >= 11 is 0. The van der Waals surface area contributed by atoms with E-state index in [2.05, 4.69) is 74.7 Å². The first kappa shape index (κ1) is 78.1. The van der Waals surface area contributed by atoms with E-state index in [1.807, 2.05) is 18.2 Å². The van der Waals surface area contributed by atoms with Crippen LogP contribution >= 0.6 is 0 Å². The molecule has 6 N–H and O–H groups in total. The molecule has 0 aliphatic carbocycles. The molecule has 1 fully saturated rings. The lowest BCUT2D eigenvalue weighted by molar-refractivity contribution is -0.305. The number of carbonyl (C=O) groups is 2. The van der Waals surface area contributed by atoms with E-state index >= 15 is 0 Å². The SMILES string of the molecule is CCCCC/C=C\C/C=C\C/C=C\C/C=C\CCC(O)C(=O)NC(COC1OC(CO)C(O)C(O)C1OC(=O)CCCCCCCCCCCCCCCCC/C=C/CCCCCCCC)C(O)/C=C/CCCCCCCCCCCCC. The van der Waals surface area contributed by atoms with Crippen LogP contribution in [0.1, 0.15) is 310 Å². The molecule has 1 rings (SSSR count). The zero-order valence-corrected chi connectivity index (χ0v) is 53.6. The number of esters is 1. The van der Waals surface area contributed by atoms with Gasteiger partial charge in [0.25, 0.3) is 0 Å². The third-order valence-corrected chi connectivity index (χ3v) is 16.1. The second-order valence-corrected chi connectivity index (χ2v) is 23.9. The molecular formula is C72H129NO10. The molecule has 0 spiro atoms. The van der Waals surface area contributed by atoms with Crippen LogP contribution < -0.4 is 5.32 Å². The smallest absolute Gasteiger partial charge is 0.306 e. The van der Waals surface area contributed by atoms with E-state index in [1.165, 1.54) is 193 Å². The van der Waals surface area contributed by atoms with Gasteiger partial charge in [0.05, 0.1) is 25.4 Å². The Labute approximate surface area is 509 Å². The van der Waals surface area contributed by atoms with Crippen molar-refractivity contribution in [2.75, 3.05) is 13.2 Å². The lowest BCUT2D eigenvalue weighted by Crippen LogP contribution is -2.61. The number of aliphatic hydroxyl groups is 5. The maximum atomic E-state index is 13.4. The molecule has 0 radical (unpaired) electrons. The second kappa shape index (κ2) is 59.4. The second-order valence-electron chi connectivity index (χ2n) is 23.9. The Bertz CT molecular complexity index is 1630. The van der Waals surface area contributed by atoms with Crippen molar-refractivity contribution in [3.63, 3.8) is 0 Å². The maximum Gasteiger partial charge on any atom is 0.306 e. The minimum absolute atomic E-state index is 0.117.